The molecular weight excluding hydrogens is 450 g/mol. The quantitative estimate of drug-likeness (QED) is 0.337. The molecule has 0 unspecified atom stereocenters. The smallest absolute Gasteiger partial charge is 0.254 e. The third-order valence-corrected chi connectivity index (χ3v) is 4.63. The van der Waals surface area contributed by atoms with Crippen LogP contribution in [0.3, 0.4) is 0 Å². The van der Waals surface area contributed by atoms with Gasteiger partial charge in [0.2, 0.25) is 5.91 Å². The Morgan fingerprint density at radius 2 is 1.82 bits per heavy atom. The second-order valence-electron chi connectivity index (χ2n) is 7.28. The second-order valence-corrected chi connectivity index (χ2v) is 7.69. The Morgan fingerprint density at radius 3 is 2.30 bits per heavy atom. The van der Waals surface area contributed by atoms with Crippen LogP contribution in [0.5, 0.6) is 0 Å². The zero-order chi connectivity index (χ0) is 25.0. The van der Waals surface area contributed by atoms with Crippen molar-refractivity contribution >= 4 is 35.3 Å². The van der Waals surface area contributed by atoms with Crippen LogP contribution in [-0.4, -0.2) is 30.6 Å². The van der Waals surface area contributed by atoms with Crippen molar-refractivity contribution in [2.75, 3.05) is 6.54 Å². The van der Waals surface area contributed by atoms with Crippen LogP contribution in [-0.2, 0) is 16.0 Å². The molecule has 2 aromatic carbocycles. The molecule has 0 heterocycles. The summed E-state index contributed by atoms with van der Waals surface area (Å²) in [6.07, 6.45) is 1.57. The highest BCUT2D eigenvalue weighted by Crippen LogP contribution is 2.19. The highest BCUT2D eigenvalue weighted by Gasteiger charge is 2.16. The normalized spacial score (nSPS) is 11.1. The van der Waals surface area contributed by atoms with Gasteiger partial charge in [0.15, 0.2) is 0 Å². The minimum Gasteiger partial charge on any atom is -0.397 e. The molecule has 2 amide bonds. The van der Waals surface area contributed by atoms with Crippen molar-refractivity contribution in [3.63, 3.8) is 0 Å². The molecule has 9 heteroatoms. The molecule has 0 saturated heterocycles. The van der Waals surface area contributed by atoms with Gasteiger partial charge in [0.1, 0.15) is 11.6 Å². The number of carbonyl (C=O) groups excluding carboxylic acids is 2. The molecule has 2 aromatic rings. The van der Waals surface area contributed by atoms with Gasteiger partial charge in [0, 0.05) is 30.8 Å². The average Bonchev–Trinajstić information content (AvgIpc) is 2.76. The van der Waals surface area contributed by atoms with E-state index in [1.54, 1.807) is 18.2 Å². The molecule has 0 fully saturated rings. The highest BCUT2D eigenvalue weighted by molar-refractivity contribution is 6.30. The molecule has 0 aromatic heterocycles. The molecule has 0 radical (unpaired) electrons. The summed E-state index contributed by atoms with van der Waals surface area (Å²) < 4.78 is 26.3. The Hall–Kier alpha value is -3.26. The summed E-state index contributed by atoms with van der Waals surface area (Å²) in [5.41, 5.74) is 6.51. The van der Waals surface area contributed by atoms with E-state index in [1.807, 2.05) is 20.8 Å². The first-order valence-corrected chi connectivity index (χ1v) is 10.7. The van der Waals surface area contributed by atoms with Crippen LogP contribution in [0.1, 0.15) is 38.3 Å². The average molecular weight is 479 g/mol. The van der Waals surface area contributed by atoms with Crippen molar-refractivity contribution in [1.82, 2.24) is 10.6 Å². The summed E-state index contributed by atoms with van der Waals surface area (Å²) in [6, 6.07) is 10.7. The van der Waals surface area contributed by atoms with Gasteiger partial charge < -0.3 is 21.8 Å². The lowest BCUT2D eigenvalue weighted by molar-refractivity contribution is -0.121. The Bertz CT molecular complexity index is 989. The number of carbonyl (C=O) groups is 2. The molecule has 5 N–H and O–H groups in total. The maximum absolute atomic E-state index is 14.2. The van der Waals surface area contributed by atoms with Gasteiger partial charge >= 0.3 is 0 Å². The van der Waals surface area contributed by atoms with E-state index < -0.39 is 11.7 Å². The number of hydrogen-bond donors (Lipinski definition) is 4. The molecule has 0 aliphatic carbocycles. The topological polar surface area (TPSA) is 108 Å². The zero-order valence-corrected chi connectivity index (χ0v) is 19.6. The summed E-state index contributed by atoms with van der Waals surface area (Å²) in [5, 5.41) is 12.8. The highest BCUT2D eigenvalue weighted by atomic mass is 35.5. The van der Waals surface area contributed by atoms with Crippen molar-refractivity contribution in [2.45, 2.75) is 39.7 Å². The number of aryl methyl sites for hydroxylation is 1. The van der Waals surface area contributed by atoms with E-state index in [0.717, 1.165) is 11.8 Å². The molecule has 0 atom stereocenters. The molecule has 2 rings (SSSR count). The molecule has 0 aliphatic rings. The number of nitrogens with one attached hydrogen (secondary N) is 3. The summed E-state index contributed by atoms with van der Waals surface area (Å²) in [5.74, 6) is -1.72. The number of hydrogen-bond acceptors (Lipinski definition) is 4. The molecule has 0 spiro atoms. The van der Waals surface area contributed by atoms with Crippen LogP contribution in [0.2, 0.25) is 5.02 Å². The first-order valence-electron chi connectivity index (χ1n) is 10.4. The predicted octanol–water partition coefficient (Wildman–Crippen LogP) is 4.22. The summed E-state index contributed by atoms with van der Waals surface area (Å²) in [7, 11) is 0. The first-order chi connectivity index (χ1) is 15.6. The van der Waals surface area contributed by atoms with Gasteiger partial charge in [-0.3, -0.25) is 9.59 Å². The van der Waals surface area contributed by atoms with E-state index in [4.69, 9.17) is 22.7 Å². The zero-order valence-electron chi connectivity index (χ0n) is 18.8. The van der Waals surface area contributed by atoms with Crippen molar-refractivity contribution in [2.24, 2.45) is 5.73 Å². The lowest BCUT2D eigenvalue weighted by Crippen LogP contribution is -2.35. The Balaban J connectivity index is 0.000000568. The monoisotopic (exact) mass is 478 g/mol. The van der Waals surface area contributed by atoms with Gasteiger partial charge in [0.25, 0.3) is 5.91 Å². The van der Waals surface area contributed by atoms with Crippen LogP contribution in [0, 0.1) is 17.0 Å². The first kappa shape index (κ1) is 27.8. The molecular formula is C24H29ClF2N4O2. The molecule has 33 heavy (non-hydrogen) atoms. The number of benzene rings is 2. The third kappa shape index (κ3) is 9.41. The third-order valence-electron chi connectivity index (χ3n) is 4.32. The largest absolute Gasteiger partial charge is 0.397 e. The van der Waals surface area contributed by atoms with Crippen LogP contribution in [0.15, 0.2) is 48.0 Å². The van der Waals surface area contributed by atoms with E-state index in [-0.39, 0.29) is 52.6 Å². The predicted molar refractivity (Wildman–Crippen MR) is 128 cm³/mol. The van der Waals surface area contributed by atoms with E-state index in [1.165, 1.54) is 24.3 Å². The maximum Gasteiger partial charge on any atom is 0.254 e. The minimum atomic E-state index is -0.621. The van der Waals surface area contributed by atoms with Crippen molar-refractivity contribution in [3.8, 4) is 0 Å². The molecule has 0 saturated carbocycles. The SMILES string of the molecule is CCc1ccc(/C(N)=C(/C=N)C(=O)NCCC(=O)NC(C)C)c(F)c1.Fc1ccccc1Cl. The van der Waals surface area contributed by atoms with Crippen molar-refractivity contribution in [1.29, 1.82) is 5.41 Å². The van der Waals surface area contributed by atoms with Gasteiger partial charge in [-0.15, -0.1) is 0 Å². The Morgan fingerprint density at radius 1 is 1.15 bits per heavy atom. The number of halogens is 3. The fraction of sp³-hybridized carbons (Fsp3) is 0.292. The molecule has 0 bridgehead atoms. The number of nitrogens with two attached hydrogens (primary N) is 1. The minimum absolute atomic E-state index is 0.0185. The van der Waals surface area contributed by atoms with Crippen LogP contribution in [0.25, 0.3) is 5.70 Å². The fourth-order valence-corrected chi connectivity index (χ4v) is 2.76. The van der Waals surface area contributed by atoms with E-state index >= 15 is 0 Å². The van der Waals surface area contributed by atoms with Crippen LogP contribution >= 0.6 is 11.6 Å². The van der Waals surface area contributed by atoms with Gasteiger partial charge in [-0.05, 0) is 50.1 Å². The second kappa shape index (κ2) is 14.0. The van der Waals surface area contributed by atoms with Crippen molar-refractivity contribution in [3.05, 3.63) is 75.8 Å². The van der Waals surface area contributed by atoms with Gasteiger partial charge in [0.05, 0.1) is 16.3 Å². The van der Waals surface area contributed by atoms with E-state index in [2.05, 4.69) is 10.6 Å². The molecule has 178 valence electrons. The van der Waals surface area contributed by atoms with E-state index in [9.17, 15) is 18.4 Å². The maximum atomic E-state index is 14.2. The van der Waals surface area contributed by atoms with Crippen LogP contribution < -0.4 is 16.4 Å². The standard InChI is InChI=1S/C18H25FN4O2.C6H4ClF/c1-4-12-5-6-13(15(19)9-12)17(21)14(10-20)18(25)22-8-7-16(24)23-11(2)3;7-5-3-1-2-4-6(5)8/h5-6,9-11,20H,4,7-8,21H2,1-3H3,(H,22,25)(H,23,24);1-4H/b17-14+,20-10?;. The lowest BCUT2D eigenvalue weighted by Gasteiger charge is -2.11. The Labute approximate surface area is 197 Å². The van der Waals surface area contributed by atoms with E-state index in [0.29, 0.717) is 6.42 Å². The lowest BCUT2D eigenvalue weighted by atomic mass is 10.0. The molecule has 0 aliphatic heterocycles. The molecule has 6 nitrogen and oxygen atoms in total. The fourth-order valence-electron chi connectivity index (χ4n) is 2.63. The Kier molecular flexibility index (Phi) is 11.8. The number of rotatable bonds is 8. The number of amides is 2. The van der Waals surface area contributed by atoms with Gasteiger partial charge in [-0.2, -0.15) is 0 Å². The van der Waals surface area contributed by atoms with Crippen LogP contribution in [0.4, 0.5) is 8.78 Å². The summed E-state index contributed by atoms with van der Waals surface area (Å²) in [6.45, 7) is 5.68. The van der Waals surface area contributed by atoms with Gasteiger partial charge in [-0.25, -0.2) is 8.78 Å². The summed E-state index contributed by atoms with van der Waals surface area (Å²) in [4.78, 5) is 23.7. The van der Waals surface area contributed by atoms with Crippen molar-refractivity contribution < 1.29 is 18.4 Å². The van der Waals surface area contributed by atoms with Gasteiger partial charge in [-0.1, -0.05) is 36.7 Å². The summed E-state index contributed by atoms with van der Waals surface area (Å²) >= 11 is 5.33.